The maximum Gasteiger partial charge on any atom is 0.275 e. The van der Waals surface area contributed by atoms with Gasteiger partial charge in [-0.1, -0.05) is 33.3 Å². The summed E-state index contributed by atoms with van der Waals surface area (Å²) in [5.41, 5.74) is 7.88. The average Bonchev–Trinajstić information content (AvgIpc) is 3.09. The Hall–Kier alpha value is -3.07. The number of methoxy groups -OCH3 is 2. The first-order chi connectivity index (χ1) is 13.5. The summed E-state index contributed by atoms with van der Waals surface area (Å²) in [4.78, 5) is 12.4. The molecule has 0 aliphatic heterocycles. The van der Waals surface area contributed by atoms with Gasteiger partial charge in [0.25, 0.3) is 5.91 Å². The molecule has 0 fully saturated rings. The molecule has 2 aromatic carbocycles. The summed E-state index contributed by atoms with van der Waals surface area (Å²) in [6, 6.07) is 13.0. The van der Waals surface area contributed by atoms with Gasteiger partial charge in [0.15, 0.2) is 23.0 Å². The largest absolute Gasteiger partial charge is 0.493 e. The van der Waals surface area contributed by atoms with Crippen molar-refractivity contribution in [1.82, 2.24) is 20.3 Å². The lowest BCUT2D eigenvalue weighted by Gasteiger charge is -2.10. The second-order valence-corrected chi connectivity index (χ2v) is 6.83. The Bertz CT molecular complexity index is 989. The highest BCUT2D eigenvalue weighted by atomic mass is 79.9. The smallest absolute Gasteiger partial charge is 0.275 e. The fourth-order valence-electron chi connectivity index (χ4n) is 2.69. The number of hydrogen-bond donors (Lipinski definition) is 2. The summed E-state index contributed by atoms with van der Waals surface area (Å²) in [5.74, 6) is 1.11. The number of nitrogens with zero attached hydrogens (tertiary/aromatic N) is 3. The van der Waals surface area contributed by atoms with Gasteiger partial charge in [0.2, 0.25) is 0 Å². The summed E-state index contributed by atoms with van der Waals surface area (Å²) in [7, 11) is 3.17. The van der Waals surface area contributed by atoms with Gasteiger partial charge >= 0.3 is 0 Å². The van der Waals surface area contributed by atoms with Crippen LogP contribution in [-0.4, -0.2) is 41.7 Å². The third kappa shape index (κ3) is 4.25. The van der Waals surface area contributed by atoms with E-state index in [1.54, 1.807) is 14.2 Å². The predicted molar refractivity (Wildman–Crippen MR) is 109 cm³/mol. The van der Waals surface area contributed by atoms with Crippen LogP contribution in [0.4, 0.5) is 5.82 Å². The molecule has 9 heteroatoms. The van der Waals surface area contributed by atoms with E-state index in [0.29, 0.717) is 30.2 Å². The van der Waals surface area contributed by atoms with E-state index in [4.69, 9.17) is 15.2 Å². The lowest BCUT2D eigenvalue weighted by molar-refractivity contribution is 0.0950. The summed E-state index contributed by atoms with van der Waals surface area (Å²) in [5, 5.41) is 10.7. The van der Waals surface area contributed by atoms with Crippen LogP contribution in [0.5, 0.6) is 11.5 Å². The number of nitrogens with one attached hydrogen (secondary N) is 1. The van der Waals surface area contributed by atoms with E-state index in [9.17, 15) is 4.79 Å². The molecule has 3 aromatic rings. The fourth-order valence-corrected chi connectivity index (χ4v) is 3.08. The molecule has 146 valence electrons. The van der Waals surface area contributed by atoms with E-state index in [2.05, 4.69) is 31.6 Å². The number of aromatic nitrogens is 3. The zero-order chi connectivity index (χ0) is 20.1. The average molecular weight is 446 g/mol. The van der Waals surface area contributed by atoms with Crippen molar-refractivity contribution in [1.29, 1.82) is 0 Å². The quantitative estimate of drug-likeness (QED) is 0.578. The third-order valence-electron chi connectivity index (χ3n) is 4.12. The highest BCUT2D eigenvalue weighted by Crippen LogP contribution is 2.27. The molecule has 0 aliphatic rings. The molecule has 0 spiro atoms. The first-order valence-electron chi connectivity index (χ1n) is 8.49. The van der Waals surface area contributed by atoms with Crippen molar-refractivity contribution in [3.63, 3.8) is 0 Å². The highest BCUT2D eigenvalue weighted by Gasteiger charge is 2.18. The minimum atomic E-state index is -0.376. The van der Waals surface area contributed by atoms with Gasteiger partial charge in [-0.3, -0.25) is 4.79 Å². The lowest BCUT2D eigenvalue weighted by Crippen LogP contribution is -2.27. The Labute approximate surface area is 170 Å². The van der Waals surface area contributed by atoms with Crippen LogP contribution in [0.2, 0.25) is 0 Å². The molecule has 8 nitrogen and oxygen atoms in total. The Balaban J connectivity index is 1.64. The van der Waals surface area contributed by atoms with Gasteiger partial charge < -0.3 is 20.5 Å². The second kappa shape index (κ2) is 8.75. The number of hydrogen-bond acceptors (Lipinski definition) is 6. The SMILES string of the molecule is COc1ccc(CCNC(=O)c2nnn(-c3cccc(Br)c3)c2N)cc1OC. The molecular formula is C19H20BrN5O3. The Kier molecular flexibility index (Phi) is 6.15. The van der Waals surface area contributed by atoms with E-state index in [1.807, 2.05) is 42.5 Å². The Morgan fingerprint density at radius 3 is 2.68 bits per heavy atom. The number of carbonyl (C=O) groups excluding carboxylic acids is 1. The Morgan fingerprint density at radius 1 is 1.18 bits per heavy atom. The van der Waals surface area contributed by atoms with Gasteiger partial charge in [-0.25, -0.2) is 0 Å². The number of amides is 1. The maximum atomic E-state index is 12.4. The zero-order valence-corrected chi connectivity index (χ0v) is 17.1. The zero-order valence-electron chi connectivity index (χ0n) is 15.5. The number of ether oxygens (including phenoxy) is 2. The van der Waals surface area contributed by atoms with E-state index >= 15 is 0 Å². The molecule has 1 heterocycles. The minimum Gasteiger partial charge on any atom is -0.493 e. The first kappa shape index (κ1) is 19.7. The number of carbonyl (C=O) groups is 1. The molecule has 0 saturated carbocycles. The van der Waals surface area contributed by atoms with Crippen LogP contribution in [0.3, 0.4) is 0 Å². The molecule has 0 saturated heterocycles. The van der Waals surface area contributed by atoms with E-state index in [-0.39, 0.29) is 17.4 Å². The van der Waals surface area contributed by atoms with Crippen molar-refractivity contribution >= 4 is 27.7 Å². The number of nitrogens with two attached hydrogens (primary N) is 1. The molecule has 0 atom stereocenters. The first-order valence-corrected chi connectivity index (χ1v) is 9.29. The number of nitrogen functional groups attached to an aromatic ring is 1. The van der Waals surface area contributed by atoms with Crippen LogP contribution in [0.1, 0.15) is 16.1 Å². The van der Waals surface area contributed by atoms with Crippen LogP contribution in [0.15, 0.2) is 46.9 Å². The standard InChI is InChI=1S/C19H20BrN5O3/c1-27-15-7-6-12(10-16(15)28-2)8-9-22-19(26)17-18(21)25(24-23-17)14-5-3-4-13(20)11-14/h3-7,10-11H,8-9,21H2,1-2H3,(H,22,26). The second-order valence-electron chi connectivity index (χ2n) is 5.91. The van der Waals surface area contributed by atoms with Gasteiger partial charge in [0.1, 0.15) is 0 Å². The molecule has 0 unspecified atom stereocenters. The van der Waals surface area contributed by atoms with E-state index < -0.39 is 0 Å². The highest BCUT2D eigenvalue weighted by molar-refractivity contribution is 9.10. The van der Waals surface area contributed by atoms with Crippen molar-refractivity contribution < 1.29 is 14.3 Å². The van der Waals surface area contributed by atoms with Gasteiger partial charge in [0.05, 0.1) is 19.9 Å². The van der Waals surface area contributed by atoms with Crippen LogP contribution >= 0.6 is 15.9 Å². The minimum absolute atomic E-state index is 0.0901. The molecular weight excluding hydrogens is 426 g/mol. The van der Waals surface area contributed by atoms with Crippen molar-refractivity contribution in [2.24, 2.45) is 0 Å². The molecule has 1 amide bonds. The van der Waals surface area contributed by atoms with Crippen LogP contribution in [0.25, 0.3) is 5.69 Å². The van der Waals surface area contributed by atoms with Crippen LogP contribution in [0, 0.1) is 0 Å². The molecule has 28 heavy (non-hydrogen) atoms. The van der Waals surface area contributed by atoms with Crippen molar-refractivity contribution in [2.45, 2.75) is 6.42 Å². The van der Waals surface area contributed by atoms with E-state index in [1.165, 1.54) is 4.68 Å². The van der Waals surface area contributed by atoms with Gasteiger partial charge in [-0.15, -0.1) is 5.10 Å². The van der Waals surface area contributed by atoms with Crippen molar-refractivity contribution in [3.05, 3.63) is 58.2 Å². The number of rotatable bonds is 7. The summed E-state index contributed by atoms with van der Waals surface area (Å²) >= 11 is 3.40. The van der Waals surface area contributed by atoms with Crippen molar-refractivity contribution in [2.75, 3.05) is 26.5 Å². The van der Waals surface area contributed by atoms with Gasteiger partial charge in [-0.2, -0.15) is 4.68 Å². The third-order valence-corrected chi connectivity index (χ3v) is 4.61. The van der Waals surface area contributed by atoms with Gasteiger partial charge in [-0.05, 0) is 42.3 Å². The topological polar surface area (TPSA) is 104 Å². The summed E-state index contributed by atoms with van der Waals surface area (Å²) in [6.45, 7) is 0.414. The molecule has 1 aromatic heterocycles. The predicted octanol–water partition coefficient (Wildman–Crippen LogP) is 2.60. The normalized spacial score (nSPS) is 10.5. The Morgan fingerprint density at radius 2 is 1.96 bits per heavy atom. The molecule has 0 aliphatic carbocycles. The van der Waals surface area contributed by atoms with Crippen molar-refractivity contribution in [3.8, 4) is 17.2 Å². The number of halogens is 1. The summed E-state index contributed by atoms with van der Waals surface area (Å²) in [6.07, 6.45) is 0.617. The lowest BCUT2D eigenvalue weighted by atomic mass is 10.1. The van der Waals surface area contributed by atoms with Crippen LogP contribution in [-0.2, 0) is 6.42 Å². The molecule has 0 radical (unpaired) electrons. The summed E-state index contributed by atoms with van der Waals surface area (Å²) < 4.78 is 12.8. The number of anilines is 1. The maximum absolute atomic E-state index is 12.4. The number of benzene rings is 2. The molecule has 0 bridgehead atoms. The van der Waals surface area contributed by atoms with E-state index in [0.717, 1.165) is 10.0 Å². The van der Waals surface area contributed by atoms with Crippen LogP contribution < -0.4 is 20.5 Å². The molecule has 3 rings (SSSR count). The van der Waals surface area contributed by atoms with Gasteiger partial charge in [0, 0.05) is 11.0 Å². The monoisotopic (exact) mass is 445 g/mol. The molecule has 3 N–H and O–H groups in total. The fraction of sp³-hybridized carbons (Fsp3) is 0.211.